The molecule has 0 radical (unpaired) electrons. The molecule has 0 spiro atoms. The van der Waals surface area contributed by atoms with Gasteiger partial charge in [-0.1, -0.05) is 44.6 Å². The number of carbonyl (C=O) groups excluding carboxylic acids is 3. The second kappa shape index (κ2) is 24.8. The molecule has 0 amide bonds. The van der Waals surface area contributed by atoms with E-state index < -0.39 is 50.3 Å². The maximum Gasteiger partial charge on any atom is 0.320 e. The summed E-state index contributed by atoms with van der Waals surface area (Å²) >= 11 is 0. The Balaban J connectivity index is -0.0000000853. The fourth-order valence-corrected chi connectivity index (χ4v) is 0.627. The van der Waals surface area contributed by atoms with E-state index >= 15 is 0 Å². The number of carboxylic acids is 1. The van der Waals surface area contributed by atoms with Crippen LogP contribution in [-0.4, -0.2) is 47.7 Å². The summed E-state index contributed by atoms with van der Waals surface area (Å²) in [4.78, 5) is 42.1. The third kappa shape index (κ3) is 28.7. The summed E-state index contributed by atoms with van der Waals surface area (Å²) < 4.78 is 12.5. The molecule has 144 valence electrons. The van der Waals surface area contributed by atoms with Gasteiger partial charge in [0.05, 0.1) is 0 Å². The highest BCUT2D eigenvalue weighted by Gasteiger charge is 2.13. The van der Waals surface area contributed by atoms with E-state index in [1.807, 2.05) is 0 Å². The third-order valence-electron chi connectivity index (χ3n) is 1.25. The Bertz CT molecular complexity index is 313. The molecule has 0 aliphatic carbocycles. The number of carbonyl (C=O) groups is 4. The minimum atomic E-state index is -1.38. The van der Waals surface area contributed by atoms with Crippen LogP contribution in [0.2, 0.25) is 0 Å². The SMILES string of the molecule is C.C.C.C.C.C.O=C(O)CC(=O)OCOC(=O)CC(=O)OCO. The van der Waals surface area contributed by atoms with Gasteiger partial charge in [-0.25, -0.2) is 0 Å². The Morgan fingerprint density at radius 3 is 1.35 bits per heavy atom. The average Bonchev–Trinajstić information content (AvgIpc) is 2.16. The van der Waals surface area contributed by atoms with Crippen molar-refractivity contribution in [3.8, 4) is 0 Å². The Morgan fingerprint density at radius 1 is 0.652 bits per heavy atom. The van der Waals surface area contributed by atoms with Gasteiger partial charge < -0.3 is 24.4 Å². The molecule has 9 nitrogen and oxygen atoms in total. The summed E-state index contributed by atoms with van der Waals surface area (Å²) in [6.45, 7) is -1.66. The van der Waals surface area contributed by atoms with Gasteiger partial charge in [-0.2, -0.15) is 0 Å². The molecule has 0 saturated heterocycles. The lowest BCUT2D eigenvalue weighted by molar-refractivity contribution is -0.171. The van der Waals surface area contributed by atoms with Gasteiger partial charge in [0, 0.05) is 0 Å². The van der Waals surface area contributed by atoms with Crippen molar-refractivity contribution in [3.63, 3.8) is 0 Å². The number of carboxylic acid groups (broad SMARTS) is 1. The molecule has 0 rings (SSSR count). The molecule has 23 heavy (non-hydrogen) atoms. The minimum Gasteiger partial charge on any atom is -0.481 e. The quantitative estimate of drug-likeness (QED) is 0.403. The van der Waals surface area contributed by atoms with E-state index in [0.717, 1.165) is 0 Å². The van der Waals surface area contributed by atoms with Crippen molar-refractivity contribution in [1.82, 2.24) is 0 Å². The first-order valence-corrected chi connectivity index (χ1v) is 4.25. The minimum absolute atomic E-state index is 0. The molecule has 0 aliphatic heterocycles. The topological polar surface area (TPSA) is 136 Å². The smallest absolute Gasteiger partial charge is 0.320 e. The summed E-state index contributed by atoms with van der Waals surface area (Å²) in [6.07, 6.45) is -1.61. The van der Waals surface area contributed by atoms with Crippen LogP contribution in [0.5, 0.6) is 0 Å². The second-order valence-electron chi connectivity index (χ2n) is 2.54. The van der Waals surface area contributed by atoms with Gasteiger partial charge in [0.1, 0.15) is 12.8 Å². The van der Waals surface area contributed by atoms with E-state index in [4.69, 9.17) is 10.2 Å². The molecule has 0 bridgehead atoms. The predicted octanol–water partition coefficient (Wildman–Crippen LogP) is 2.20. The van der Waals surface area contributed by atoms with E-state index in [2.05, 4.69) is 14.2 Å². The highest BCUT2D eigenvalue weighted by molar-refractivity contribution is 5.91. The van der Waals surface area contributed by atoms with Crippen molar-refractivity contribution in [3.05, 3.63) is 0 Å². The average molecular weight is 346 g/mol. The molecule has 0 fully saturated rings. The third-order valence-corrected chi connectivity index (χ3v) is 1.25. The van der Waals surface area contributed by atoms with E-state index in [1.54, 1.807) is 0 Å². The standard InChI is InChI=1S/C8H10O9.6CH4/c9-3-15-7(13)2-8(14)17-4-16-6(12)1-5(10)11;;;;;;/h9H,1-4H2,(H,10,11);6*1H4. The van der Waals surface area contributed by atoms with E-state index in [0.29, 0.717) is 0 Å². The largest absolute Gasteiger partial charge is 0.481 e. The Kier molecular flexibility index (Phi) is 46.2. The van der Waals surface area contributed by atoms with Gasteiger partial charge in [-0.05, 0) is 0 Å². The molecule has 0 unspecified atom stereocenters. The Morgan fingerprint density at radius 2 is 1.00 bits per heavy atom. The first-order valence-electron chi connectivity index (χ1n) is 4.25. The van der Waals surface area contributed by atoms with Gasteiger partial charge >= 0.3 is 23.9 Å². The number of esters is 3. The maximum absolute atomic E-state index is 10.8. The molecule has 0 aromatic heterocycles. The molecular formula is C14H34O9. The van der Waals surface area contributed by atoms with Crippen molar-refractivity contribution >= 4 is 23.9 Å². The summed E-state index contributed by atoms with van der Waals surface area (Å²) in [6, 6.07) is 0. The highest BCUT2D eigenvalue weighted by atomic mass is 16.7. The number of aliphatic carboxylic acids is 1. The van der Waals surface area contributed by atoms with Crippen molar-refractivity contribution in [2.24, 2.45) is 0 Å². The van der Waals surface area contributed by atoms with Crippen LogP contribution in [0.1, 0.15) is 57.4 Å². The van der Waals surface area contributed by atoms with Crippen molar-refractivity contribution in [1.29, 1.82) is 0 Å². The Labute approximate surface area is 139 Å². The number of aliphatic hydroxyl groups is 1. The summed E-state index contributed by atoms with van der Waals surface area (Å²) in [5, 5.41) is 16.3. The molecule has 0 aliphatic rings. The van der Waals surface area contributed by atoms with E-state index in [9.17, 15) is 19.2 Å². The summed E-state index contributed by atoms with van der Waals surface area (Å²) in [7, 11) is 0. The van der Waals surface area contributed by atoms with Crippen molar-refractivity contribution < 1.29 is 43.6 Å². The van der Waals surface area contributed by atoms with Crippen LogP contribution in [0.3, 0.4) is 0 Å². The molecule has 2 N–H and O–H groups in total. The molecule has 0 heterocycles. The zero-order valence-corrected chi connectivity index (χ0v) is 8.58. The zero-order chi connectivity index (χ0) is 13.3. The first kappa shape index (κ1) is 42.8. The van der Waals surface area contributed by atoms with Crippen molar-refractivity contribution in [2.75, 3.05) is 13.6 Å². The summed E-state index contributed by atoms with van der Waals surface area (Å²) in [5.74, 6) is -4.50. The van der Waals surface area contributed by atoms with Gasteiger partial charge in [-0.15, -0.1) is 0 Å². The number of aliphatic hydroxyl groups excluding tert-OH is 1. The number of hydrogen-bond acceptors (Lipinski definition) is 8. The number of rotatable bonds is 7. The van der Waals surface area contributed by atoms with Crippen LogP contribution in [-0.2, 0) is 33.4 Å². The van der Waals surface area contributed by atoms with Gasteiger partial charge in [0.25, 0.3) is 0 Å². The number of hydrogen-bond donors (Lipinski definition) is 2. The van der Waals surface area contributed by atoms with Crippen LogP contribution in [0.15, 0.2) is 0 Å². The molecular weight excluding hydrogens is 312 g/mol. The molecule has 9 heteroatoms. The summed E-state index contributed by atoms with van der Waals surface area (Å²) in [5.41, 5.74) is 0. The highest BCUT2D eigenvalue weighted by Crippen LogP contribution is 1.92. The normalized spacial score (nSPS) is 6.83. The fourth-order valence-electron chi connectivity index (χ4n) is 0.627. The van der Waals surface area contributed by atoms with Crippen LogP contribution in [0.4, 0.5) is 0 Å². The van der Waals surface area contributed by atoms with Gasteiger partial charge in [0.2, 0.25) is 6.79 Å². The van der Waals surface area contributed by atoms with Gasteiger partial charge in [-0.3, -0.25) is 19.2 Å². The van der Waals surface area contributed by atoms with Crippen molar-refractivity contribution in [2.45, 2.75) is 57.4 Å². The van der Waals surface area contributed by atoms with Crippen LogP contribution in [0.25, 0.3) is 0 Å². The molecule has 0 aromatic rings. The monoisotopic (exact) mass is 346 g/mol. The lowest BCUT2D eigenvalue weighted by atomic mass is 10.4. The van der Waals surface area contributed by atoms with Crippen LogP contribution >= 0.6 is 0 Å². The van der Waals surface area contributed by atoms with E-state index in [-0.39, 0.29) is 44.6 Å². The zero-order valence-electron chi connectivity index (χ0n) is 8.58. The molecule has 0 aromatic carbocycles. The number of ether oxygens (including phenoxy) is 3. The first-order chi connectivity index (χ1) is 7.95. The van der Waals surface area contributed by atoms with Crippen LogP contribution < -0.4 is 0 Å². The maximum atomic E-state index is 10.8. The lowest BCUT2D eigenvalue weighted by Gasteiger charge is -2.04. The second-order valence-corrected chi connectivity index (χ2v) is 2.54. The lowest BCUT2D eigenvalue weighted by Crippen LogP contribution is -2.18. The fraction of sp³-hybridized carbons (Fsp3) is 0.714. The molecule has 0 saturated carbocycles. The van der Waals surface area contributed by atoms with Gasteiger partial charge in [0.15, 0.2) is 6.79 Å². The predicted molar refractivity (Wildman–Crippen MR) is 87.5 cm³/mol. The molecule has 0 atom stereocenters. The van der Waals surface area contributed by atoms with Crippen LogP contribution in [0, 0.1) is 0 Å². The Hall–Kier alpha value is -2.16. The van der Waals surface area contributed by atoms with E-state index in [1.165, 1.54) is 0 Å².